The zero-order chi connectivity index (χ0) is 24.3. The van der Waals surface area contributed by atoms with Gasteiger partial charge in [0.05, 0.1) is 18.4 Å². The number of hydrogen-bond donors (Lipinski definition) is 1. The first-order valence-corrected chi connectivity index (χ1v) is 12.4. The van der Waals surface area contributed by atoms with E-state index in [2.05, 4.69) is 30.8 Å². The van der Waals surface area contributed by atoms with Crippen molar-refractivity contribution in [3.63, 3.8) is 0 Å². The number of fused-ring (bicyclic) bond motifs is 1. The van der Waals surface area contributed by atoms with Gasteiger partial charge >= 0.3 is 0 Å². The summed E-state index contributed by atoms with van der Waals surface area (Å²) in [5.41, 5.74) is 2.38. The molecule has 0 aliphatic carbocycles. The van der Waals surface area contributed by atoms with E-state index in [9.17, 15) is 13.2 Å². The number of carbonyl (C=O) groups excluding carboxylic acids is 1. The molecular weight excluding hydrogens is 460 g/mol. The van der Waals surface area contributed by atoms with Gasteiger partial charge in [-0.2, -0.15) is 4.31 Å². The molecule has 0 saturated carbocycles. The Hall–Kier alpha value is -3.29. The molecule has 13 heteroatoms. The lowest BCUT2D eigenvalue weighted by Gasteiger charge is -2.28. The van der Waals surface area contributed by atoms with Gasteiger partial charge in [-0.25, -0.2) is 18.1 Å². The molecule has 1 N–H and O–H groups in total. The molecule has 0 bridgehead atoms. The molecule has 180 valence electrons. The highest BCUT2D eigenvalue weighted by Crippen LogP contribution is 2.23. The van der Waals surface area contributed by atoms with Crippen LogP contribution in [0.15, 0.2) is 30.5 Å². The van der Waals surface area contributed by atoms with Crippen molar-refractivity contribution in [1.82, 2.24) is 34.5 Å². The van der Waals surface area contributed by atoms with Crippen molar-refractivity contribution in [1.29, 1.82) is 0 Å². The minimum Gasteiger partial charge on any atom is -0.384 e. The fourth-order valence-corrected chi connectivity index (χ4v) is 4.95. The van der Waals surface area contributed by atoms with Crippen molar-refractivity contribution < 1.29 is 17.9 Å². The number of rotatable bonds is 8. The van der Waals surface area contributed by atoms with Crippen LogP contribution < -0.4 is 5.32 Å². The molecule has 0 saturated heterocycles. The third-order valence-electron chi connectivity index (χ3n) is 5.43. The average molecular weight is 487 g/mol. The molecule has 12 nitrogen and oxygen atoms in total. The van der Waals surface area contributed by atoms with Gasteiger partial charge in [0.25, 0.3) is 5.91 Å². The summed E-state index contributed by atoms with van der Waals surface area (Å²) < 4.78 is 33.0. The van der Waals surface area contributed by atoms with Crippen LogP contribution in [0.4, 0.5) is 5.82 Å². The second-order valence-electron chi connectivity index (χ2n) is 8.13. The summed E-state index contributed by atoms with van der Waals surface area (Å²) in [6, 6.07) is 6.85. The number of ether oxygens (including phenoxy) is 1. The summed E-state index contributed by atoms with van der Waals surface area (Å²) >= 11 is 0. The second kappa shape index (κ2) is 9.91. The maximum atomic E-state index is 12.9. The molecule has 0 radical (unpaired) electrons. The lowest BCUT2D eigenvalue weighted by Crippen LogP contribution is -2.38. The van der Waals surface area contributed by atoms with Crippen molar-refractivity contribution in [2.45, 2.75) is 32.9 Å². The van der Waals surface area contributed by atoms with Gasteiger partial charge < -0.3 is 10.1 Å². The fourth-order valence-electron chi connectivity index (χ4n) is 3.61. The molecule has 3 aromatic rings. The quantitative estimate of drug-likeness (QED) is 0.498. The van der Waals surface area contributed by atoms with Crippen molar-refractivity contribution >= 4 is 21.7 Å². The molecule has 34 heavy (non-hydrogen) atoms. The molecule has 0 aromatic carbocycles. The molecule has 0 fully saturated rings. The van der Waals surface area contributed by atoms with Crippen molar-refractivity contribution in [3.8, 4) is 11.5 Å². The van der Waals surface area contributed by atoms with Gasteiger partial charge in [-0.1, -0.05) is 6.07 Å². The summed E-state index contributed by atoms with van der Waals surface area (Å²) in [5.74, 6) is 0.284. The van der Waals surface area contributed by atoms with Gasteiger partial charge in [0.1, 0.15) is 17.2 Å². The van der Waals surface area contributed by atoms with Gasteiger partial charge in [-0.15, -0.1) is 5.10 Å². The van der Waals surface area contributed by atoms with Gasteiger partial charge in [0.2, 0.25) is 15.8 Å². The predicted molar refractivity (Wildman–Crippen MR) is 123 cm³/mol. The molecule has 3 aromatic heterocycles. The van der Waals surface area contributed by atoms with Crippen LogP contribution in [-0.4, -0.2) is 74.8 Å². The van der Waals surface area contributed by atoms with Crippen LogP contribution >= 0.6 is 0 Å². The number of anilines is 1. The molecule has 1 amide bonds. The minimum atomic E-state index is -3.45. The van der Waals surface area contributed by atoms with Crippen molar-refractivity contribution in [3.05, 3.63) is 47.3 Å². The monoisotopic (exact) mass is 486 g/mol. The van der Waals surface area contributed by atoms with Crippen LogP contribution in [0.5, 0.6) is 0 Å². The van der Waals surface area contributed by atoms with Crippen molar-refractivity contribution in [2.75, 3.05) is 31.3 Å². The van der Waals surface area contributed by atoms with E-state index in [1.54, 1.807) is 35.1 Å². The summed E-state index contributed by atoms with van der Waals surface area (Å²) in [7, 11) is -1.98. The number of aromatic nitrogens is 6. The number of methoxy groups -OCH3 is 1. The number of pyridine rings is 2. The maximum Gasteiger partial charge on any atom is 0.275 e. The predicted octanol–water partition coefficient (Wildman–Crippen LogP) is 1.30. The topological polar surface area (TPSA) is 145 Å². The highest BCUT2D eigenvalue weighted by molar-refractivity contribution is 7.89. The normalized spacial score (nSPS) is 14.2. The summed E-state index contributed by atoms with van der Waals surface area (Å²) in [4.78, 5) is 21.6. The maximum absolute atomic E-state index is 12.9. The van der Waals surface area contributed by atoms with E-state index in [4.69, 9.17) is 4.74 Å². The van der Waals surface area contributed by atoms with Gasteiger partial charge in [-0.05, 0) is 60.0 Å². The van der Waals surface area contributed by atoms with Crippen LogP contribution in [0.3, 0.4) is 0 Å². The van der Waals surface area contributed by atoms with E-state index in [0.29, 0.717) is 30.3 Å². The molecule has 4 heterocycles. The zero-order valence-electron chi connectivity index (χ0n) is 19.2. The van der Waals surface area contributed by atoms with E-state index < -0.39 is 15.9 Å². The molecule has 0 atom stereocenters. The van der Waals surface area contributed by atoms with Crippen LogP contribution in [-0.2, 0) is 27.7 Å². The molecule has 1 aliphatic heterocycles. The fraction of sp³-hybridized carbons (Fsp3) is 0.429. The van der Waals surface area contributed by atoms with Crippen LogP contribution in [0.25, 0.3) is 11.5 Å². The first-order chi connectivity index (χ1) is 16.3. The Balaban J connectivity index is 1.51. The van der Waals surface area contributed by atoms with Crippen molar-refractivity contribution in [2.24, 2.45) is 0 Å². The average Bonchev–Trinajstić information content (AvgIpc) is 3.33. The van der Waals surface area contributed by atoms with Gasteiger partial charge in [-0.3, -0.25) is 9.78 Å². The summed E-state index contributed by atoms with van der Waals surface area (Å²) in [6.07, 6.45) is 2.16. The molecule has 0 unspecified atom stereocenters. The first kappa shape index (κ1) is 23.9. The van der Waals surface area contributed by atoms with E-state index in [1.165, 1.54) is 11.4 Å². The third-order valence-corrected chi connectivity index (χ3v) is 7.21. The number of hydrogen-bond acceptors (Lipinski definition) is 9. The van der Waals surface area contributed by atoms with Crippen LogP contribution in [0, 0.1) is 0 Å². The van der Waals surface area contributed by atoms with Gasteiger partial charge in [0.15, 0.2) is 0 Å². The molecule has 0 spiro atoms. The Labute approximate surface area is 197 Å². The Kier molecular flexibility index (Phi) is 6.95. The Morgan fingerprint density at radius 1 is 1.26 bits per heavy atom. The Morgan fingerprint density at radius 3 is 2.85 bits per heavy atom. The van der Waals surface area contributed by atoms with Crippen LogP contribution in [0.1, 0.15) is 41.5 Å². The largest absolute Gasteiger partial charge is 0.384 e. The minimum absolute atomic E-state index is 0.0441. The second-order valence-corrected chi connectivity index (χ2v) is 10.2. The number of sulfonamides is 1. The lowest BCUT2D eigenvalue weighted by atomic mass is 10.0. The number of carbonyl (C=O) groups is 1. The molecule has 1 aliphatic rings. The Morgan fingerprint density at radius 2 is 2.09 bits per heavy atom. The number of tetrazole rings is 1. The van der Waals surface area contributed by atoms with E-state index >= 15 is 0 Å². The molecule has 4 rings (SSSR count). The van der Waals surface area contributed by atoms with Gasteiger partial charge in [0, 0.05) is 26.4 Å². The van der Waals surface area contributed by atoms with Crippen LogP contribution in [0.2, 0.25) is 0 Å². The SMILES string of the molecule is COCCS(=O)(=O)N1CCc2cnc(C(=O)Nc3cccc(-c4nnnn4C(C)C)n3)cc2C1. The number of amides is 1. The highest BCUT2D eigenvalue weighted by Gasteiger charge is 2.27. The smallest absolute Gasteiger partial charge is 0.275 e. The summed E-state index contributed by atoms with van der Waals surface area (Å²) in [6.45, 7) is 4.61. The number of nitrogens with zero attached hydrogens (tertiary/aromatic N) is 7. The number of nitrogens with one attached hydrogen (secondary N) is 1. The van der Waals surface area contributed by atoms with E-state index in [0.717, 1.165) is 11.1 Å². The Bertz CT molecular complexity index is 1290. The summed E-state index contributed by atoms with van der Waals surface area (Å²) in [5, 5.41) is 14.5. The highest BCUT2D eigenvalue weighted by atomic mass is 32.2. The standard InChI is InChI=1S/C21H26N8O4S/c1-14(2)29-20(25-26-27-29)17-5-4-6-19(23-17)24-21(30)18-11-16-13-28(8-7-15(16)12-22-18)34(31,32)10-9-33-3/h4-6,11-12,14H,7-10,13H2,1-3H3,(H,23,24,30). The van der Waals surface area contributed by atoms with E-state index in [-0.39, 0.29) is 30.6 Å². The zero-order valence-corrected chi connectivity index (χ0v) is 20.0. The van der Waals surface area contributed by atoms with E-state index in [1.807, 2.05) is 13.8 Å². The molecular formula is C21H26N8O4S. The third kappa shape index (κ3) is 5.11. The first-order valence-electron chi connectivity index (χ1n) is 10.8. The lowest BCUT2D eigenvalue weighted by molar-refractivity contribution is 0.102.